The smallest absolute Gasteiger partial charge is 0.294 e. The molecule has 38 heavy (non-hydrogen) atoms. The summed E-state index contributed by atoms with van der Waals surface area (Å²) in [4.78, 5) is 7.23. The van der Waals surface area contributed by atoms with Crippen molar-refractivity contribution < 1.29 is 25.9 Å². The van der Waals surface area contributed by atoms with E-state index in [4.69, 9.17) is 0 Å². The van der Waals surface area contributed by atoms with Gasteiger partial charge in [-0.1, -0.05) is 48.5 Å². The van der Waals surface area contributed by atoms with E-state index in [2.05, 4.69) is 20.6 Å². The van der Waals surface area contributed by atoms with Gasteiger partial charge in [0.05, 0.1) is 32.2 Å². The lowest BCUT2D eigenvalue weighted by Gasteiger charge is -2.13. The highest BCUT2D eigenvalue weighted by molar-refractivity contribution is 7.86. The molecule has 192 valence electrons. The molecule has 1 aliphatic heterocycles. The molecule has 4 aromatic carbocycles. The van der Waals surface area contributed by atoms with Crippen LogP contribution in [0.2, 0.25) is 0 Å². The van der Waals surface area contributed by atoms with Gasteiger partial charge in [0.1, 0.15) is 12.0 Å². The predicted octanol–water partition coefficient (Wildman–Crippen LogP) is 4.93. The molecule has 1 aliphatic rings. The number of hydrogen-bond donors (Lipinski definition) is 5. The Balaban J connectivity index is 1.20. The Labute approximate surface area is 217 Å². The van der Waals surface area contributed by atoms with Gasteiger partial charge in [0.2, 0.25) is 0 Å². The predicted molar refractivity (Wildman–Crippen MR) is 143 cm³/mol. The molecule has 6 rings (SSSR count). The van der Waals surface area contributed by atoms with Gasteiger partial charge in [0.15, 0.2) is 0 Å². The van der Waals surface area contributed by atoms with Crippen LogP contribution in [0.4, 0.5) is 11.4 Å². The largest absolute Gasteiger partial charge is 0.360 e. The number of H-pyrrole nitrogens is 1. The molecule has 0 aliphatic carbocycles. The molecule has 5 N–H and O–H groups in total. The second-order valence-electron chi connectivity index (χ2n) is 8.84. The first-order valence-electron chi connectivity index (χ1n) is 11.4. The van der Waals surface area contributed by atoms with Crippen LogP contribution in [-0.2, 0) is 20.2 Å². The first kappa shape index (κ1) is 24.1. The Morgan fingerprint density at radius 2 is 1.18 bits per heavy atom. The van der Waals surface area contributed by atoms with Gasteiger partial charge in [0.25, 0.3) is 20.2 Å². The SMILES string of the molecule is O=S(=O)(O)c1ccc2c(c1)NC(c1ccc(-c3ccc(-c4nc5ccc(S(=O)(=O)O)cc5[nH]4)cc3)cc1)N2. The van der Waals surface area contributed by atoms with Crippen LogP contribution in [0.3, 0.4) is 0 Å². The number of rotatable bonds is 5. The molecule has 0 bridgehead atoms. The molecule has 1 atom stereocenters. The summed E-state index contributed by atoms with van der Waals surface area (Å²) in [5.41, 5.74) is 6.15. The lowest BCUT2D eigenvalue weighted by molar-refractivity contribution is 0.481. The molecule has 0 radical (unpaired) electrons. The van der Waals surface area contributed by atoms with E-state index in [1.165, 1.54) is 30.3 Å². The van der Waals surface area contributed by atoms with Gasteiger partial charge in [0, 0.05) is 5.56 Å². The van der Waals surface area contributed by atoms with E-state index in [0.717, 1.165) is 27.9 Å². The van der Waals surface area contributed by atoms with E-state index >= 15 is 0 Å². The van der Waals surface area contributed by atoms with Crippen LogP contribution in [0.15, 0.2) is 94.7 Å². The topological polar surface area (TPSA) is 161 Å². The average Bonchev–Trinajstić information content (AvgIpc) is 3.51. The minimum absolute atomic E-state index is 0.171. The summed E-state index contributed by atoms with van der Waals surface area (Å²) >= 11 is 0. The number of nitrogens with one attached hydrogen (secondary N) is 3. The Hall–Kier alpha value is -4.23. The average molecular weight is 549 g/mol. The molecule has 1 unspecified atom stereocenters. The summed E-state index contributed by atoms with van der Waals surface area (Å²) in [5.74, 6) is 0.574. The molecule has 10 nitrogen and oxygen atoms in total. The zero-order valence-corrected chi connectivity index (χ0v) is 21.1. The van der Waals surface area contributed by atoms with Crippen LogP contribution in [-0.4, -0.2) is 35.9 Å². The fourth-order valence-corrected chi connectivity index (χ4v) is 5.43. The molecule has 0 amide bonds. The maximum atomic E-state index is 11.4. The molecule has 12 heteroatoms. The van der Waals surface area contributed by atoms with E-state index in [1.807, 2.05) is 48.5 Å². The van der Waals surface area contributed by atoms with Gasteiger partial charge in [-0.05, 0) is 53.1 Å². The van der Waals surface area contributed by atoms with Gasteiger partial charge in [-0.3, -0.25) is 9.11 Å². The molecule has 5 aromatic rings. The molecular formula is C26H20N4O6S2. The number of fused-ring (bicyclic) bond motifs is 2. The molecule has 0 spiro atoms. The fourth-order valence-electron chi connectivity index (χ4n) is 4.42. The lowest BCUT2D eigenvalue weighted by Crippen LogP contribution is -2.11. The number of aromatic amines is 1. The number of anilines is 2. The highest BCUT2D eigenvalue weighted by Crippen LogP contribution is 2.37. The number of aromatic nitrogens is 2. The van der Waals surface area contributed by atoms with Gasteiger partial charge < -0.3 is 15.6 Å². The summed E-state index contributed by atoms with van der Waals surface area (Å²) in [7, 11) is -8.58. The van der Waals surface area contributed by atoms with Crippen LogP contribution < -0.4 is 10.6 Å². The minimum atomic E-state index is -4.30. The Kier molecular flexibility index (Phi) is 5.50. The van der Waals surface area contributed by atoms with Crippen molar-refractivity contribution in [3.8, 4) is 22.5 Å². The Morgan fingerprint density at radius 3 is 1.84 bits per heavy atom. The fraction of sp³-hybridized carbons (Fsp3) is 0.0385. The Bertz CT molecular complexity index is 1920. The third kappa shape index (κ3) is 4.50. The van der Waals surface area contributed by atoms with Crippen molar-refractivity contribution in [3.05, 3.63) is 90.5 Å². The highest BCUT2D eigenvalue weighted by Gasteiger charge is 2.23. The quantitative estimate of drug-likeness (QED) is 0.192. The molecule has 1 aromatic heterocycles. The van der Waals surface area contributed by atoms with Crippen LogP contribution in [0.5, 0.6) is 0 Å². The lowest BCUT2D eigenvalue weighted by atomic mass is 10.0. The number of imidazole rings is 1. The summed E-state index contributed by atoms with van der Waals surface area (Å²) in [6.07, 6.45) is -0.257. The molecule has 0 saturated heterocycles. The zero-order chi connectivity index (χ0) is 26.7. The number of benzene rings is 4. The molecule has 2 heterocycles. The molecule has 0 fully saturated rings. The summed E-state index contributed by atoms with van der Waals surface area (Å²) < 4.78 is 64.2. The zero-order valence-electron chi connectivity index (χ0n) is 19.5. The number of nitrogens with zero attached hydrogens (tertiary/aromatic N) is 1. The molecular weight excluding hydrogens is 528 g/mol. The van der Waals surface area contributed by atoms with Gasteiger partial charge in [-0.2, -0.15) is 16.8 Å². The number of hydrogen-bond acceptors (Lipinski definition) is 7. The first-order chi connectivity index (χ1) is 18.0. The van der Waals surface area contributed by atoms with E-state index < -0.39 is 20.2 Å². The highest BCUT2D eigenvalue weighted by atomic mass is 32.2. The monoisotopic (exact) mass is 548 g/mol. The second-order valence-corrected chi connectivity index (χ2v) is 11.7. The van der Waals surface area contributed by atoms with E-state index in [0.29, 0.717) is 22.5 Å². The van der Waals surface area contributed by atoms with Crippen LogP contribution in [0.25, 0.3) is 33.5 Å². The summed E-state index contributed by atoms with van der Waals surface area (Å²) in [6, 6.07) is 24.2. The minimum Gasteiger partial charge on any atom is -0.360 e. The third-order valence-corrected chi connectivity index (χ3v) is 8.07. The second kappa shape index (κ2) is 8.67. The van der Waals surface area contributed by atoms with E-state index in [-0.39, 0.29) is 16.0 Å². The third-order valence-electron chi connectivity index (χ3n) is 6.38. The van der Waals surface area contributed by atoms with Crippen molar-refractivity contribution in [1.82, 2.24) is 9.97 Å². The van der Waals surface area contributed by atoms with Gasteiger partial charge in [-0.15, -0.1) is 0 Å². The standard InChI is InChI=1S/C26H20N4O6S2/c31-37(32,33)19-9-11-21-23(13-19)29-25(27-21)17-5-1-15(2-6-17)16-3-7-18(8-4-16)26-28-22-12-10-20(38(34,35)36)14-24(22)30-26/h1-14,25,27,29H,(H,28,30)(H,31,32,33)(H,34,35,36). The van der Waals surface area contributed by atoms with E-state index in [1.54, 1.807) is 6.07 Å². The van der Waals surface area contributed by atoms with Crippen LogP contribution in [0.1, 0.15) is 11.7 Å². The van der Waals surface area contributed by atoms with Gasteiger partial charge >= 0.3 is 0 Å². The summed E-state index contributed by atoms with van der Waals surface area (Å²) in [6.45, 7) is 0. The van der Waals surface area contributed by atoms with Crippen molar-refractivity contribution in [3.63, 3.8) is 0 Å². The van der Waals surface area contributed by atoms with Crippen molar-refractivity contribution in [2.45, 2.75) is 16.0 Å². The van der Waals surface area contributed by atoms with Crippen molar-refractivity contribution in [2.75, 3.05) is 10.6 Å². The summed E-state index contributed by atoms with van der Waals surface area (Å²) in [5, 5.41) is 6.52. The van der Waals surface area contributed by atoms with E-state index in [9.17, 15) is 25.9 Å². The first-order valence-corrected chi connectivity index (χ1v) is 14.3. The molecule has 0 saturated carbocycles. The maximum Gasteiger partial charge on any atom is 0.294 e. The van der Waals surface area contributed by atoms with Crippen LogP contribution in [0, 0.1) is 0 Å². The van der Waals surface area contributed by atoms with Crippen molar-refractivity contribution in [1.29, 1.82) is 0 Å². The Morgan fingerprint density at radius 1 is 0.632 bits per heavy atom. The maximum absolute atomic E-state index is 11.4. The van der Waals surface area contributed by atoms with Crippen molar-refractivity contribution >= 4 is 42.6 Å². The van der Waals surface area contributed by atoms with Crippen molar-refractivity contribution in [2.24, 2.45) is 0 Å². The van der Waals surface area contributed by atoms with Crippen LogP contribution >= 0.6 is 0 Å². The normalized spacial score (nSPS) is 15.2. The van der Waals surface area contributed by atoms with Gasteiger partial charge in [-0.25, -0.2) is 4.98 Å².